The minimum atomic E-state index is -0.520. The fraction of sp³-hybridized carbons (Fsp3) is 0.300. The highest BCUT2D eigenvalue weighted by Gasteiger charge is 2.50. The van der Waals surface area contributed by atoms with Gasteiger partial charge in [0.15, 0.2) is 6.61 Å². The van der Waals surface area contributed by atoms with Gasteiger partial charge in [-0.15, -0.1) is 0 Å². The van der Waals surface area contributed by atoms with Crippen molar-refractivity contribution < 1.29 is 18.7 Å². The first-order valence-electron chi connectivity index (χ1n) is 8.44. The van der Waals surface area contributed by atoms with E-state index < -0.39 is 6.09 Å². The van der Waals surface area contributed by atoms with Crippen molar-refractivity contribution in [3.63, 3.8) is 0 Å². The third kappa shape index (κ3) is 3.54. The molecule has 1 aliphatic carbocycles. The highest BCUT2D eigenvalue weighted by atomic mass is 19.1. The quantitative estimate of drug-likeness (QED) is 0.894. The smallest absolute Gasteiger partial charge is 0.410 e. The summed E-state index contributed by atoms with van der Waals surface area (Å²) < 4.78 is 18.1. The Bertz CT molecular complexity index is 799. The van der Waals surface area contributed by atoms with Gasteiger partial charge in [0.25, 0.3) is 5.91 Å². The summed E-state index contributed by atoms with van der Waals surface area (Å²) in [7, 11) is 3.18. The minimum absolute atomic E-state index is 0.265. The Labute approximate surface area is 151 Å². The summed E-state index contributed by atoms with van der Waals surface area (Å²) in [5, 5.41) is 2.41. The predicted octanol–water partition coefficient (Wildman–Crippen LogP) is 3.30. The van der Waals surface area contributed by atoms with Crippen LogP contribution >= 0.6 is 0 Å². The molecular formula is C20H21FN2O3. The number of halogens is 1. The SMILES string of the molecule is CNC(=O)COC(=O)N(C)C1(c2ccc(-c3ccc(F)cc3)cc2)CC1. The van der Waals surface area contributed by atoms with E-state index >= 15 is 0 Å². The first kappa shape index (κ1) is 17.9. The summed E-state index contributed by atoms with van der Waals surface area (Å²) in [4.78, 5) is 25.0. The van der Waals surface area contributed by atoms with Gasteiger partial charge < -0.3 is 15.0 Å². The molecule has 2 aromatic rings. The molecule has 0 saturated heterocycles. The van der Waals surface area contributed by atoms with Crippen molar-refractivity contribution in [2.75, 3.05) is 20.7 Å². The number of hydrogen-bond donors (Lipinski definition) is 1. The van der Waals surface area contributed by atoms with Crippen LogP contribution in [-0.4, -0.2) is 37.6 Å². The molecule has 0 atom stereocenters. The normalized spacial score (nSPS) is 14.4. The summed E-state index contributed by atoms with van der Waals surface area (Å²) in [6, 6.07) is 14.2. The number of likely N-dealkylation sites (N-methyl/N-ethyl adjacent to an activating group) is 1. The molecule has 0 spiro atoms. The maximum Gasteiger partial charge on any atom is 0.410 e. The van der Waals surface area contributed by atoms with Crippen LogP contribution in [0.25, 0.3) is 11.1 Å². The van der Waals surface area contributed by atoms with E-state index in [4.69, 9.17) is 4.74 Å². The van der Waals surface area contributed by atoms with Gasteiger partial charge in [0.05, 0.1) is 5.54 Å². The van der Waals surface area contributed by atoms with Gasteiger partial charge in [-0.1, -0.05) is 36.4 Å². The lowest BCUT2D eigenvalue weighted by molar-refractivity contribution is -0.123. The van der Waals surface area contributed by atoms with Gasteiger partial charge in [-0.2, -0.15) is 0 Å². The Morgan fingerprint density at radius 3 is 2.12 bits per heavy atom. The number of hydrogen-bond acceptors (Lipinski definition) is 3. The summed E-state index contributed by atoms with van der Waals surface area (Å²) in [5.74, 6) is -0.612. The standard InChI is InChI=1S/C20H21FN2O3/c1-22-18(24)13-26-19(25)23(2)20(11-12-20)16-7-3-14(4-8-16)15-5-9-17(21)10-6-15/h3-10H,11-13H2,1-2H3,(H,22,24). The molecule has 0 radical (unpaired) electrons. The number of amides is 2. The maximum absolute atomic E-state index is 13.1. The number of carbonyl (C=O) groups excluding carboxylic acids is 2. The van der Waals surface area contributed by atoms with E-state index in [1.165, 1.54) is 19.2 Å². The molecule has 0 heterocycles. The molecule has 1 N–H and O–H groups in total. The zero-order valence-electron chi connectivity index (χ0n) is 14.8. The molecule has 0 bridgehead atoms. The van der Waals surface area contributed by atoms with Crippen molar-refractivity contribution in [1.29, 1.82) is 0 Å². The number of nitrogens with one attached hydrogen (secondary N) is 1. The number of nitrogens with zero attached hydrogens (tertiary/aromatic N) is 1. The summed E-state index contributed by atoms with van der Waals surface area (Å²) in [6.07, 6.45) is 1.16. The van der Waals surface area contributed by atoms with Crippen molar-refractivity contribution in [3.05, 3.63) is 59.9 Å². The van der Waals surface area contributed by atoms with E-state index in [-0.39, 0.29) is 23.9 Å². The molecule has 136 valence electrons. The summed E-state index contributed by atoms with van der Waals surface area (Å²) in [5.41, 5.74) is 2.54. The maximum atomic E-state index is 13.1. The second kappa shape index (κ2) is 7.15. The molecule has 0 aliphatic heterocycles. The zero-order valence-corrected chi connectivity index (χ0v) is 14.8. The van der Waals surface area contributed by atoms with Crippen molar-refractivity contribution in [3.8, 4) is 11.1 Å². The lowest BCUT2D eigenvalue weighted by atomic mass is 9.99. The molecule has 2 aromatic carbocycles. The topological polar surface area (TPSA) is 58.6 Å². The van der Waals surface area contributed by atoms with Crippen LogP contribution < -0.4 is 5.32 Å². The van der Waals surface area contributed by atoms with Crippen LogP contribution in [0, 0.1) is 5.82 Å². The molecule has 2 amide bonds. The van der Waals surface area contributed by atoms with Gasteiger partial charge in [0.2, 0.25) is 0 Å². The number of benzene rings is 2. The Hall–Kier alpha value is -2.89. The van der Waals surface area contributed by atoms with Crippen molar-refractivity contribution in [2.45, 2.75) is 18.4 Å². The van der Waals surface area contributed by atoms with Crippen LogP contribution in [0.2, 0.25) is 0 Å². The first-order valence-corrected chi connectivity index (χ1v) is 8.44. The van der Waals surface area contributed by atoms with Crippen LogP contribution in [0.5, 0.6) is 0 Å². The Morgan fingerprint density at radius 2 is 1.62 bits per heavy atom. The molecule has 1 saturated carbocycles. The fourth-order valence-electron chi connectivity index (χ4n) is 3.02. The number of rotatable bonds is 5. The van der Waals surface area contributed by atoms with Gasteiger partial charge in [-0.05, 0) is 41.7 Å². The van der Waals surface area contributed by atoms with Crippen LogP contribution in [0.3, 0.4) is 0 Å². The lowest BCUT2D eigenvalue weighted by Gasteiger charge is -2.28. The monoisotopic (exact) mass is 356 g/mol. The molecule has 1 aliphatic rings. The van der Waals surface area contributed by atoms with Gasteiger partial charge in [-0.3, -0.25) is 4.79 Å². The largest absolute Gasteiger partial charge is 0.439 e. The molecule has 26 heavy (non-hydrogen) atoms. The highest BCUT2D eigenvalue weighted by molar-refractivity contribution is 5.80. The van der Waals surface area contributed by atoms with E-state index in [2.05, 4.69) is 5.32 Å². The molecule has 6 heteroatoms. The van der Waals surface area contributed by atoms with E-state index in [9.17, 15) is 14.0 Å². The van der Waals surface area contributed by atoms with Crippen LogP contribution in [0.1, 0.15) is 18.4 Å². The van der Waals surface area contributed by atoms with Crippen molar-refractivity contribution in [1.82, 2.24) is 10.2 Å². The molecule has 3 rings (SSSR count). The first-order chi connectivity index (χ1) is 12.5. The molecule has 0 aromatic heterocycles. The molecular weight excluding hydrogens is 335 g/mol. The molecule has 5 nitrogen and oxygen atoms in total. The van der Waals surface area contributed by atoms with Crippen LogP contribution in [0.4, 0.5) is 9.18 Å². The highest BCUT2D eigenvalue weighted by Crippen LogP contribution is 2.50. The van der Waals surface area contributed by atoms with Crippen LogP contribution in [0.15, 0.2) is 48.5 Å². The third-order valence-corrected chi connectivity index (χ3v) is 4.84. The lowest BCUT2D eigenvalue weighted by Crippen LogP contribution is -2.39. The van der Waals surface area contributed by atoms with Crippen LogP contribution in [-0.2, 0) is 15.1 Å². The average Bonchev–Trinajstić information content (AvgIpc) is 3.48. The van der Waals surface area contributed by atoms with Crippen molar-refractivity contribution in [2.24, 2.45) is 0 Å². The van der Waals surface area contributed by atoms with E-state index in [0.717, 1.165) is 29.5 Å². The number of carbonyl (C=O) groups is 2. The Balaban J connectivity index is 1.72. The van der Waals surface area contributed by atoms with Gasteiger partial charge >= 0.3 is 6.09 Å². The summed E-state index contributed by atoms with van der Waals surface area (Å²) in [6.45, 7) is -0.292. The Morgan fingerprint density at radius 1 is 1.08 bits per heavy atom. The minimum Gasteiger partial charge on any atom is -0.439 e. The van der Waals surface area contributed by atoms with Gasteiger partial charge in [0, 0.05) is 14.1 Å². The van der Waals surface area contributed by atoms with Gasteiger partial charge in [-0.25, -0.2) is 9.18 Å². The molecule has 1 fully saturated rings. The molecule has 0 unspecified atom stereocenters. The summed E-state index contributed by atoms with van der Waals surface area (Å²) >= 11 is 0. The predicted molar refractivity (Wildman–Crippen MR) is 95.9 cm³/mol. The van der Waals surface area contributed by atoms with Gasteiger partial charge in [0.1, 0.15) is 5.82 Å². The number of ether oxygens (including phenoxy) is 1. The Kier molecular flexibility index (Phi) is 4.93. The second-order valence-corrected chi connectivity index (χ2v) is 6.40. The fourth-order valence-corrected chi connectivity index (χ4v) is 3.02. The van der Waals surface area contributed by atoms with E-state index in [1.807, 2.05) is 24.3 Å². The average molecular weight is 356 g/mol. The second-order valence-electron chi connectivity index (χ2n) is 6.40. The van der Waals surface area contributed by atoms with Crippen molar-refractivity contribution >= 4 is 12.0 Å². The third-order valence-electron chi connectivity index (χ3n) is 4.84. The van der Waals surface area contributed by atoms with E-state index in [1.54, 1.807) is 24.1 Å². The zero-order chi connectivity index (χ0) is 18.7. The van der Waals surface area contributed by atoms with E-state index in [0.29, 0.717) is 0 Å².